The number of nitrogens with two attached hydrogens (primary N) is 1. The Morgan fingerprint density at radius 3 is 2.47 bits per heavy atom. The Kier molecular flexibility index (Phi) is 6.07. The molecule has 0 unspecified atom stereocenters. The summed E-state index contributed by atoms with van der Waals surface area (Å²) in [6.07, 6.45) is 5.49. The third-order valence-corrected chi connectivity index (χ3v) is 5.74. The Bertz CT molecular complexity index is 1170. The van der Waals surface area contributed by atoms with E-state index in [1.807, 2.05) is 54.9 Å². The van der Waals surface area contributed by atoms with Crippen LogP contribution in [0.4, 0.5) is 11.4 Å². The van der Waals surface area contributed by atoms with Crippen molar-refractivity contribution in [1.29, 1.82) is 0 Å². The van der Waals surface area contributed by atoms with E-state index >= 15 is 0 Å². The zero-order chi connectivity index (χ0) is 22.7. The standard InChI is InChI=1S/C25H27N5O2/c1-17-21(18(2)30(28-17)20-8-4-3-5-9-20)11-13-24(31)27-22-16-19(25(26)32)10-12-23(22)29-14-6-7-15-29/h3-5,8-13,16H,6-7,14-15H2,1-2H3,(H2,26,32)(H,27,31). The molecule has 2 heterocycles. The summed E-state index contributed by atoms with van der Waals surface area (Å²) in [5, 5.41) is 7.54. The molecule has 1 aliphatic rings. The summed E-state index contributed by atoms with van der Waals surface area (Å²) in [5.74, 6) is -0.804. The van der Waals surface area contributed by atoms with E-state index in [1.165, 1.54) is 6.08 Å². The zero-order valence-electron chi connectivity index (χ0n) is 18.3. The molecule has 32 heavy (non-hydrogen) atoms. The second kappa shape index (κ2) is 9.09. The number of benzene rings is 2. The molecule has 0 radical (unpaired) electrons. The average molecular weight is 430 g/mol. The number of para-hydroxylation sites is 1. The minimum absolute atomic E-state index is 0.279. The van der Waals surface area contributed by atoms with Crippen molar-refractivity contribution >= 4 is 29.3 Å². The van der Waals surface area contributed by atoms with Gasteiger partial charge in [0.2, 0.25) is 11.8 Å². The number of hydrogen-bond acceptors (Lipinski definition) is 4. The number of rotatable bonds is 6. The first-order chi connectivity index (χ1) is 15.4. The number of hydrogen-bond donors (Lipinski definition) is 2. The molecule has 2 amide bonds. The predicted octanol–water partition coefficient (Wildman–Crippen LogP) is 3.84. The fourth-order valence-electron chi connectivity index (χ4n) is 4.07. The summed E-state index contributed by atoms with van der Waals surface area (Å²) in [6.45, 7) is 5.75. The fraction of sp³-hybridized carbons (Fsp3) is 0.240. The van der Waals surface area contributed by atoms with Crippen LogP contribution in [0.5, 0.6) is 0 Å². The van der Waals surface area contributed by atoms with Crippen LogP contribution in [-0.4, -0.2) is 34.7 Å². The van der Waals surface area contributed by atoms with E-state index in [2.05, 4.69) is 15.3 Å². The average Bonchev–Trinajstić information content (AvgIpc) is 3.41. The van der Waals surface area contributed by atoms with Gasteiger partial charge in [0.1, 0.15) is 0 Å². The van der Waals surface area contributed by atoms with Crippen molar-refractivity contribution in [3.05, 3.63) is 77.1 Å². The van der Waals surface area contributed by atoms with Crippen LogP contribution in [0.1, 0.15) is 40.2 Å². The number of carbonyl (C=O) groups excluding carboxylic acids is 2. The first kappa shape index (κ1) is 21.4. The predicted molar refractivity (Wildman–Crippen MR) is 127 cm³/mol. The summed E-state index contributed by atoms with van der Waals surface area (Å²) < 4.78 is 1.87. The molecule has 1 aromatic heterocycles. The molecule has 2 aromatic carbocycles. The number of aromatic nitrogens is 2. The molecule has 3 N–H and O–H groups in total. The normalized spacial score (nSPS) is 13.6. The summed E-state index contributed by atoms with van der Waals surface area (Å²) in [4.78, 5) is 26.6. The van der Waals surface area contributed by atoms with Gasteiger partial charge in [0.05, 0.1) is 22.8 Å². The third-order valence-electron chi connectivity index (χ3n) is 5.74. The maximum Gasteiger partial charge on any atom is 0.248 e. The van der Waals surface area contributed by atoms with Crippen LogP contribution in [0.2, 0.25) is 0 Å². The van der Waals surface area contributed by atoms with Crippen molar-refractivity contribution < 1.29 is 9.59 Å². The Hall–Kier alpha value is -3.87. The van der Waals surface area contributed by atoms with E-state index in [-0.39, 0.29) is 5.91 Å². The molecule has 0 aliphatic carbocycles. The van der Waals surface area contributed by atoms with Crippen molar-refractivity contribution in [2.75, 3.05) is 23.3 Å². The second-order valence-corrected chi connectivity index (χ2v) is 7.94. The van der Waals surface area contributed by atoms with Crippen molar-refractivity contribution in [3.63, 3.8) is 0 Å². The van der Waals surface area contributed by atoms with Crippen molar-refractivity contribution in [1.82, 2.24) is 9.78 Å². The number of nitrogens with one attached hydrogen (secondary N) is 1. The van der Waals surface area contributed by atoms with E-state index in [9.17, 15) is 9.59 Å². The quantitative estimate of drug-likeness (QED) is 0.582. The summed E-state index contributed by atoms with van der Waals surface area (Å²) in [5.41, 5.74) is 11.0. The number of carbonyl (C=O) groups is 2. The topological polar surface area (TPSA) is 93.2 Å². The summed E-state index contributed by atoms with van der Waals surface area (Å²) in [7, 11) is 0. The third kappa shape index (κ3) is 4.42. The molecule has 1 fully saturated rings. The van der Waals surface area contributed by atoms with Gasteiger partial charge in [-0.3, -0.25) is 9.59 Å². The Morgan fingerprint density at radius 1 is 1.06 bits per heavy atom. The number of anilines is 2. The van der Waals surface area contributed by atoms with Gasteiger partial charge in [-0.05, 0) is 63.1 Å². The zero-order valence-corrected chi connectivity index (χ0v) is 18.3. The Morgan fingerprint density at radius 2 is 1.78 bits per heavy atom. The molecular formula is C25H27N5O2. The van der Waals surface area contributed by atoms with Crippen molar-refractivity contribution in [2.45, 2.75) is 26.7 Å². The molecule has 7 nitrogen and oxygen atoms in total. The number of primary amides is 1. The van der Waals surface area contributed by atoms with Crippen LogP contribution in [0, 0.1) is 13.8 Å². The molecule has 0 saturated carbocycles. The highest BCUT2D eigenvalue weighted by Gasteiger charge is 2.18. The largest absolute Gasteiger partial charge is 0.370 e. The smallest absolute Gasteiger partial charge is 0.248 e. The number of nitrogens with zero attached hydrogens (tertiary/aromatic N) is 3. The molecule has 0 atom stereocenters. The Balaban J connectivity index is 1.57. The van der Waals surface area contributed by atoms with Gasteiger partial charge in [0.15, 0.2) is 0 Å². The molecule has 4 rings (SSSR count). The lowest BCUT2D eigenvalue weighted by Crippen LogP contribution is -2.21. The van der Waals surface area contributed by atoms with Crippen LogP contribution in [0.3, 0.4) is 0 Å². The molecule has 0 bridgehead atoms. The lowest BCUT2D eigenvalue weighted by molar-refractivity contribution is -0.111. The van der Waals surface area contributed by atoms with Gasteiger partial charge in [0, 0.05) is 36.0 Å². The molecule has 164 valence electrons. The molecule has 3 aromatic rings. The van der Waals surface area contributed by atoms with Crippen LogP contribution in [0.15, 0.2) is 54.6 Å². The van der Waals surface area contributed by atoms with Gasteiger partial charge in [0.25, 0.3) is 0 Å². The molecular weight excluding hydrogens is 402 g/mol. The molecule has 0 spiro atoms. The summed E-state index contributed by atoms with van der Waals surface area (Å²) >= 11 is 0. The lowest BCUT2D eigenvalue weighted by atomic mass is 10.1. The van der Waals surface area contributed by atoms with Gasteiger partial charge in [-0.25, -0.2) is 4.68 Å². The first-order valence-corrected chi connectivity index (χ1v) is 10.7. The van der Waals surface area contributed by atoms with Gasteiger partial charge in [-0.15, -0.1) is 0 Å². The van der Waals surface area contributed by atoms with Crippen molar-refractivity contribution in [3.8, 4) is 5.69 Å². The highest BCUT2D eigenvalue weighted by molar-refractivity contribution is 6.05. The Labute approximate surface area is 187 Å². The van der Waals surface area contributed by atoms with Crippen LogP contribution in [-0.2, 0) is 4.79 Å². The highest BCUT2D eigenvalue weighted by atomic mass is 16.1. The monoisotopic (exact) mass is 429 g/mol. The van der Waals surface area contributed by atoms with E-state index < -0.39 is 5.91 Å². The van der Waals surface area contributed by atoms with Gasteiger partial charge >= 0.3 is 0 Å². The van der Waals surface area contributed by atoms with Crippen LogP contribution < -0.4 is 16.0 Å². The number of amides is 2. The van der Waals surface area contributed by atoms with Gasteiger partial charge in [-0.1, -0.05) is 18.2 Å². The van der Waals surface area contributed by atoms with Gasteiger partial charge < -0.3 is 16.0 Å². The van der Waals surface area contributed by atoms with Gasteiger partial charge in [-0.2, -0.15) is 5.10 Å². The van der Waals surface area contributed by atoms with E-state index in [0.717, 1.165) is 54.3 Å². The van der Waals surface area contributed by atoms with Crippen molar-refractivity contribution in [2.24, 2.45) is 5.73 Å². The molecule has 1 aliphatic heterocycles. The maximum atomic E-state index is 12.8. The molecule has 1 saturated heterocycles. The SMILES string of the molecule is Cc1nn(-c2ccccc2)c(C)c1C=CC(=O)Nc1cc(C(N)=O)ccc1N1CCCC1. The second-order valence-electron chi connectivity index (χ2n) is 7.94. The fourth-order valence-corrected chi connectivity index (χ4v) is 4.07. The van der Waals surface area contributed by atoms with Crippen LogP contribution in [0.25, 0.3) is 11.8 Å². The minimum Gasteiger partial charge on any atom is -0.370 e. The first-order valence-electron chi connectivity index (χ1n) is 10.7. The van der Waals surface area contributed by atoms with E-state index in [1.54, 1.807) is 18.2 Å². The van der Waals surface area contributed by atoms with Crippen LogP contribution >= 0.6 is 0 Å². The highest BCUT2D eigenvalue weighted by Crippen LogP contribution is 2.30. The lowest BCUT2D eigenvalue weighted by Gasteiger charge is -2.21. The minimum atomic E-state index is -0.524. The molecule has 7 heteroatoms. The summed E-state index contributed by atoms with van der Waals surface area (Å²) in [6, 6.07) is 15.1. The number of aryl methyl sites for hydroxylation is 1. The maximum absolute atomic E-state index is 12.8. The van der Waals surface area contributed by atoms with E-state index in [0.29, 0.717) is 11.3 Å². The van der Waals surface area contributed by atoms with E-state index in [4.69, 9.17) is 5.73 Å².